The molecule has 16 heavy (non-hydrogen) atoms. The molecule has 0 bridgehead atoms. The molecular formula is C12H21N3O. The lowest BCUT2D eigenvalue weighted by molar-refractivity contribution is 0.209. The van der Waals surface area contributed by atoms with Crippen LogP contribution in [0.25, 0.3) is 0 Å². The molecule has 2 heterocycles. The fraction of sp³-hybridized carbons (Fsp3) is 0.833. The predicted octanol–water partition coefficient (Wildman–Crippen LogP) is 2.52. The Kier molecular flexibility index (Phi) is 3.02. The summed E-state index contributed by atoms with van der Waals surface area (Å²) in [7, 11) is 0. The molecule has 1 aromatic heterocycles. The van der Waals surface area contributed by atoms with Gasteiger partial charge >= 0.3 is 0 Å². The van der Waals surface area contributed by atoms with Gasteiger partial charge < -0.3 is 4.52 Å². The van der Waals surface area contributed by atoms with Gasteiger partial charge in [-0.05, 0) is 32.9 Å². The first kappa shape index (κ1) is 11.6. The van der Waals surface area contributed by atoms with Crippen molar-refractivity contribution >= 4 is 0 Å². The van der Waals surface area contributed by atoms with Crippen LogP contribution in [-0.2, 0) is 5.41 Å². The van der Waals surface area contributed by atoms with Crippen LogP contribution >= 0.6 is 0 Å². The van der Waals surface area contributed by atoms with E-state index in [1.54, 1.807) is 0 Å². The van der Waals surface area contributed by atoms with E-state index in [2.05, 4.69) is 42.7 Å². The van der Waals surface area contributed by atoms with E-state index in [1.165, 1.54) is 12.8 Å². The second-order valence-electron chi connectivity index (χ2n) is 5.63. The molecule has 0 aliphatic carbocycles. The van der Waals surface area contributed by atoms with Crippen LogP contribution in [0.4, 0.5) is 0 Å². The molecule has 0 radical (unpaired) electrons. The van der Waals surface area contributed by atoms with Crippen LogP contribution in [0.1, 0.15) is 58.3 Å². The molecule has 90 valence electrons. The van der Waals surface area contributed by atoms with Crippen molar-refractivity contribution in [1.82, 2.24) is 15.0 Å². The number of hydrogen-bond acceptors (Lipinski definition) is 4. The van der Waals surface area contributed by atoms with Crippen LogP contribution in [0.3, 0.4) is 0 Å². The van der Waals surface area contributed by atoms with Crippen molar-refractivity contribution in [2.24, 2.45) is 0 Å². The largest absolute Gasteiger partial charge is 0.338 e. The monoisotopic (exact) mass is 223 g/mol. The second kappa shape index (κ2) is 4.17. The number of aromatic nitrogens is 2. The third-order valence-electron chi connectivity index (χ3n) is 3.16. The molecule has 0 N–H and O–H groups in total. The second-order valence-corrected chi connectivity index (χ2v) is 5.63. The molecule has 1 unspecified atom stereocenters. The number of hydrogen-bond donors (Lipinski definition) is 0. The van der Waals surface area contributed by atoms with Crippen molar-refractivity contribution in [3.8, 4) is 0 Å². The van der Waals surface area contributed by atoms with Crippen LogP contribution in [0.15, 0.2) is 4.52 Å². The van der Waals surface area contributed by atoms with E-state index in [4.69, 9.17) is 4.52 Å². The third-order valence-corrected chi connectivity index (χ3v) is 3.16. The maximum Gasteiger partial charge on any atom is 0.243 e. The molecule has 0 amide bonds. The molecule has 1 fully saturated rings. The van der Waals surface area contributed by atoms with Crippen molar-refractivity contribution in [1.29, 1.82) is 0 Å². The summed E-state index contributed by atoms with van der Waals surface area (Å²) in [4.78, 5) is 6.91. The van der Waals surface area contributed by atoms with Crippen LogP contribution < -0.4 is 0 Å². The highest BCUT2D eigenvalue weighted by Crippen LogP contribution is 2.25. The van der Waals surface area contributed by atoms with E-state index in [0.29, 0.717) is 0 Å². The van der Waals surface area contributed by atoms with Crippen molar-refractivity contribution in [3.63, 3.8) is 0 Å². The van der Waals surface area contributed by atoms with Gasteiger partial charge in [-0.25, -0.2) is 0 Å². The molecule has 1 aliphatic rings. The van der Waals surface area contributed by atoms with Gasteiger partial charge in [-0.15, -0.1) is 0 Å². The van der Waals surface area contributed by atoms with Crippen molar-refractivity contribution in [2.75, 3.05) is 13.1 Å². The average Bonchev–Trinajstić information content (AvgIpc) is 2.87. The summed E-state index contributed by atoms with van der Waals surface area (Å²) in [6, 6.07) is 0.256. The summed E-state index contributed by atoms with van der Waals surface area (Å²) < 4.78 is 5.36. The molecule has 1 saturated heterocycles. The van der Waals surface area contributed by atoms with Gasteiger partial charge in [-0.2, -0.15) is 4.98 Å². The van der Waals surface area contributed by atoms with E-state index >= 15 is 0 Å². The highest BCUT2D eigenvalue weighted by Gasteiger charge is 2.27. The Balaban J connectivity index is 2.12. The quantitative estimate of drug-likeness (QED) is 0.772. The Labute approximate surface area is 97.0 Å². The maximum absolute atomic E-state index is 5.36. The Morgan fingerprint density at radius 1 is 1.25 bits per heavy atom. The van der Waals surface area contributed by atoms with E-state index in [0.717, 1.165) is 24.8 Å². The number of likely N-dealkylation sites (tertiary alicyclic amines) is 1. The topological polar surface area (TPSA) is 42.2 Å². The molecule has 4 heteroatoms. The van der Waals surface area contributed by atoms with Crippen LogP contribution in [0.2, 0.25) is 0 Å². The zero-order valence-electron chi connectivity index (χ0n) is 10.7. The Morgan fingerprint density at radius 3 is 2.38 bits per heavy atom. The summed E-state index contributed by atoms with van der Waals surface area (Å²) in [6.45, 7) is 10.7. The minimum atomic E-state index is -0.0352. The Hall–Kier alpha value is -0.900. The molecule has 0 saturated carbocycles. The lowest BCUT2D eigenvalue weighted by Crippen LogP contribution is -2.23. The smallest absolute Gasteiger partial charge is 0.243 e. The molecule has 1 aliphatic heterocycles. The molecule has 0 aromatic carbocycles. The van der Waals surface area contributed by atoms with Crippen molar-refractivity contribution < 1.29 is 4.52 Å². The summed E-state index contributed by atoms with van der Waals surface area (Å²) in [5, 5.41) is 4.07. The first-order valence-corrected chi connectivity index (χ1v) is 6.06. The minimum Gasteiger partial charge on any atom is -0.338 e. The predicted molar refractivity (Wildman–Crippen MR) is 62.2 cm³/mol. The SMILES string of the molecule is CC(c1nc(C(C)(C)C)no1)N1CCCC1. The van der Waals surface area contributed by atoms with Gasteiger partial charge in [0, 0.05) is 5.41 Å². The summed E-state index contributed by atoms with van der Waals surface area (Å²) in [5.41, 5.74) is -0.0352. The van der Waals surface area contributed by atoms with Gasteiger partial charge in [0.2, 0.25) is 5.89 Å². The molecule has 1 aromatic rings. The lowest BCUT2D eigenvalue weighted by atomic mass is 9.96. The van der Waals surface area contributed by atoms with E-state index in [-0.39, 0.29) is 11.5 Å². The first-order chi connectivity index (χ1) is 7.48. The molecule has 4 nitrogen and oxygen atoms in total. The fourth-order valence-electron chi connectivity index (χ4n) is 1.99. The third kappa shape index (κ3) is 2.26. The molecule has 1 atom stereocenters. The van der Waals surface area contributed by atoms with Gasteiger partial charge in [-0.3, -0.25) is 4.90 Å². The van der Waals surface area contributed by atoms with E-state index < -0.39 is 0 Å². The first-order valence-electron chi connectivity index (χ1n) is 6.06. The highest BCUT2D eigenvalue weighted by molar-refractivity contribution is 5.02. The van der Waals surface area contributed by atoms with Crippen molar-refractivity contribution in [2.45, 2.75) is 52.0 Å². The average molecular weight is 223 g/mol. The van der Waals surface area contributed by atoms with Gasteiger partial charge in [0.05, 0.1) is 6.04 Å². The highest BCUT2D eigenvalue weighted by atomic mass is 16.5. The van der Waals surface area contributed by atoms with Crippen LogP contribution in [-0.4, -0.2) is 28.1 Å². The Morgan fingerprint density at radius 2 is 1.88 bits per heavy atom. The zero-order chi connectivity index (χ0) is 11.8. The van der Waals surface area contributed by atoms with Gasteiger partial charge in [0.25, 0.3) is 0 Å². The normalized spacial score (nSPS) is 20.2. The van der Waals surface area contributed by atoms with Gasteiger partial charge in [-0.1, -0.05) is 25.9 Å². The Bertz CT molecular complexity index is 347. The molecule has 2 rings (SSSR count). The zero-order valence-corrected chi connectivity index (χ0v) is 10.7. The number of rotatable bonds is 2. The fourth-order valence-corrected chi connectivity index (χ4v) is 1.99. The van der Waals surface area contributed by atoms with Gasteiger partial charge in [0.1, 0.15) is 0 Å². The maximum atomic E-state index is 5.36. The van der Waals surface area contributed by atoms with Gasteiger partial charge in [0.15, 0.2) is 5.82 Å². The summed E-state index contributed by atoms with van der Waals surface area (Å²) in [6.07, 6.45) is 2.56. The molecule has 0 spiro atoms. The van der Waals surface area contributed by atoms with Crippen LogP contribution in [0, 0.1) is 0 Å². The lowest BCUT2D eigenvalue weighted by Gasteiger charge is -2.19. The van der Waals surface area contributed by atoms with Crippen LogP contribution in [0.5, 0.6) is 0 Å². The number of nitrogens with zero attached hydrogens (tertiary/aromatic N) is 3. The van der Waals surface area contributed by atoms with E-state index in [9.17, 15) is 0 Å². The van der Waals surface area contributed by atoms with E-state index in [1.807, 2.05) is 0 Å². The minimum absolute atomic E-state index is 0.0352. The van der Waals surface area contributed by atoms with Crippen molar-refractivity contribution in [3.05, 3.63) is 11.7 Å². The standard InChI is InChI=1S/C12H21N3O/c1-9(15-7-5-6-8-15)10-13-11(14-16-10)12(2,3)4/h9H,5-8H2,1-4H3. The summed E-state index contributed by atoms with van der Waals surface area (Å²) >= 11 is 0. The summed E-state index contributed by atoms with van der Waals surface area (Å²) in [5.74, 6) is 1.56. The molecular weight excluding hydrogens is 202 g/mol.